The molecule has 0 heterocycles. The molecule has 0 fully saturated rings. The minimum Gasteiger partial charge on any atom is -0.495 e. The molecule has 0 atom stereocenters. The predicted molar refractivity (Wildman–Crippen MR) is 68.1 cm³/mol. The molecule has 0 aliphatic carbocycles. The maximum atomic E-state index is 11.4. The number of nitrogens with zero attached hydrogens (tertiary/aromatic N) is 1. The van der Waals surface area contributed by atoms with Crippen molar-refractivity contribution >= 4 is 17.6 Å². The molecule has 1 aromatic carbocycles. The zero-order valence-corrected chi connectivity index (χ0v) is 10.9. The quantitative estimate of drug-likeness (QED) is 0.833. The van der Waals surface area contributed by atoms with Gasteiger partial charge in [-0.05, 0) is 23.6 Å². The molecule has 1 aromatic rings. The van der Waals surface area contributed by atoms with Crippen LogP contribution in [-0.2, 0) is 9.59 Å². The number of benzene rings is 1. The van der Waals surface area contributed by atoms with Crippen LogP contribution in [0.2, 0.25) is 0 Å². The second kappa shape index (κ2) is 5.53. The van der Waals surface area contributed by atoms with E-state index in [1.807, 2.05) is 26.0 Å². The summed E-state index contributed by atoms with van der Waals surface area (Å²) in [6.07, 6.45) is 0. The minimum absolute atomic E-state index is 0.327. The number of carboxylic acid groups (broad SMARTS) is 1. The third kappa shape index (κ3) is 2.80. The molecule has 0 radical (unpaired) electrons. The smallest absolute Gasteiger partial charge is 0.394 e. The van der Waals surface area contributed by atoms with E-state index in [9.17, 15) is 9.59 Å². The first-order chi connectivity index (χ1) is 8.38. The Morgan fingerprint density at radius 2 is 1.94 bits per heavy atom. The molecule has 1 rings (SSSR count). The monoisotopic (exact) mass is 251 g/mol. The van der Waals surface area contributed by atoms with Gasteiger partial charge in [0.25, 0.3) is 0 Å². The fraction of sp³-hybridized carbons (Fsp3) is 0.385. The summed E-state index contributed by atoms with van der Waals surface area (Å²) in [7, 11) is 2.89. The summed E-state index contributed by atoms with van der Waals surface area (Å²) in [6.45, 7) is 4.08. The normalized spacial score (nSPS) is 10.3. The number of carboxylic acids is 1. The second-order valence-corrected chi connectivity index (χ2v) is 4.26. The molecule has 0 aromatic heterocycles. The van der Waals surface area contributed by atoms with Crippen molar-refractivity contribution in [2.24, 2.45) is 0 Å². The Bertz CT molecular complexity index is 468. The topological polar surface area (TPSA) is 66.8 Å². The molecule has 18 heavy (non-hydrogen) atoms. The van der Waals surface area contributed by atoms with Crippen molar-refractivity contribution in [3.63, 3.8) is 0 Å². The fourth-order valence-corrected chi connectivity index (χ4v) is 1.58. The van der Waals surface area contributed by atoms with E-state index in [2.05, 4.69) is 0 Å². The van der Waals surface area contributed by atoms with Crippen molar-refractivity contribution in [1.82, 2.24) is 0 Å². The van der Waals surface area contributed by atoms with E-state index in [0.29, 0.717) is 17.4 Å². The number of ether oxygens (including phenoxy) is 1. The Labute approximate surface area is 106 Å². The Morgan fingerprint density at radius 1 is 1.33 bits per heavy atom. The van der Waals surface area contributed by atoms with E-state index in [1.54, 1.807) is 6.07 Å². The fourth-order valence-electron chi connectivity index (χ4n) is 1.58. The van der Waals surface area contributed by atoms with Crippen molar-refractivity contribution < 1.29 is 19.4 Å². The van der Waals surface area contributed by atoms with E-state index in [0.717, 1.165) is 10.5 Å². The molecule has 5 heteroatoms. The van der Waals surface area contributed by atoms with Crippen molar-refractivity contribution in [1.29, 1.82) is 0 Å². The van der Waals surface area contributed by atoms with E-state index >= 15 is 0 Å². The van der Waals surface area contributed by atoms with Gasteiger partial charge in [0.1, 0.15) is 5.75 Å². The largest absolute Gasteiger partial charge is 0.495 e. The lowest BCUT2D eigenvalue weighted by Crippen LogP contribution is -2.33. The van der Waals surface area contributed by atoms with Gasteiger partial charge in [-0.2, -0.15) is 0 Å². The van der Waals surface area contributed by atoms with E-state index in [4.69, 9.17) is 9.84 Å². The number of aliphatic carboxylic acids is 1. The van der Waals surface area contributed by atoms with Gasteiger partial charge in [-0.25, -0.2) is 4.79 Å². The van der Waals surface area contributed by atoms with E-state index in [-0.39, 0.29) is 0 Å². The molecule has 0 saturated heterocycles. The predicted octanol–water partition coefficient (Wildman–Crippen LogP) is 1.87. The number of hydrogen-bond donors (Lipinski definition) is 1. The first-order valence-electron chi connectivity index (χ1n) is 5.57. The number of hydrogen-bond acceptors (Lipinski definition) is 3. The molecule has 1 amide bonds. The SMILES string of the molecule is COc1cc(C(C)C)ccc1N(C)C(=O)C(=O)O. The minimum atomic E-state index is -1.49. The molecule has 0 spiro atoms. The molecule has 98 valence electrons. The second-order valence-electron chi connectivity index (χ2n) is 4.26. The van der Waals surface area contributed by atoms with Crippen LogP contribution >= 0.6 is 0 Å². The van der Waals surface area contributed by atoms with Crippen LogP contribution in [0.15, 0.2) is 18.2 Å². The molecular formula is C13H17NO4. The van der Waals surface area contributed by atoms with Crippen molar-refractivity contribution in [3.05, 3.63) is 23.8 Å². The standard InChI is InChI=1S/C13H17NO4/c1-8(2)9-5-6-10(11(7-9)18-4)14(3)12(15)13(16)17/h5-8H,1-4H3,(H,16,17). The first-order valence-corrected chi connectivity index (χ1v) is 5.57. The van der Waals surface area contributed by atoms with Crippen LogP contribution in [0.5, 0.6) is 5.75 Å². The van der Waals surface area contributed by atoms with Gasteiger partial charge in [-0.3, -0.25) is 4.79 Å². The summed E-state index contributed by atoms with van der Waals surface area (Å²) in [5.74, 6) is -1.68. The van der Waals surface area contributed by atoms with E-state index < -0.39 is 11.9 Å². The summed E-state index contributed by atoms with van der Waals surface area (Å²) in [5, 5.41) is 8.69. The molecule has 0 saturated carbocycles. The van der Waals surface area contributed by atoms with Crippen LogP contribution in [0.3, 0.4) is 0 Å². The maximum Gasteiger partial charge on any atom is 0.394 e. The van der Waals surface area contributed by atoms with Crippen LogP contribution < -0.4 is 9.64 Å². The third-order valence-corrected chi connectivity index (χ3v) is 2.72. The summed E-state index contributed by atoms with van der Waals surface area (Å²) in [5.41, 5.74) is 1.50. The van der Waals surface area contributed by atoms with E-state index in [1.165, 1.54) is 14.2 Å². The first kappa shape index (κ1) is 14.0. The van der Waals surface area contributed by atoms with Crippen LogP contribution in [0.1, 0.15) is 25.3 Å². The average molecular weight is 251 g/mol. The summed E-state index contributed by atoms with van der Waals surface area (Å²) >= 11 is 0. The van der Waals surface area contributed by atoms with Crippen LogP contribution in [0, 0.1) is 0 Å². The number of amides is 1. The Morgan fingerprint density at radius 3 is 2.39 bits per heavy atom. The Balaban J connectivity index is 3.17. The van der Waals surface area contributed by atoms with Gasteiger partial charge in [0.05, 0.1) is 12.8 Å². The molecule has 0 aliphatic rings. The lowest BCUT2D eigenvalue weighted by atomic mass is 10.0. The van der Waals surface area contributed by atoms with Crippen molar-refractivity contribution in [2.75, 3.05) is 19.1 Å². The highest BCUT2D eigenvalue weighted by atomic mass is 16.5. The van der Waals surface area contributed by atoms with Gasteiger partial charge in [-0.15, -0.1) is 0 Å². The number of carbonyl (C=O) groups excluding carboxylic acids is 1. The van der Waals surface area contributed by atoms with Gasteiger partial charge >= 0.3 is 11.9 Å². The Hall–Kier alpha value is -2.04. The highest BCUT2D eigenvalue weighted by Crippen LogP contribution is 2.31. The van der Waals surface area contributed by atoms with Crippen LogP contribution in [0.4, 0.5) is 5.69 Å². The van der Waals surface area contributed by atoms with Gasteiger partial charge < -0.3 is 14.7 Å². The number of methoxy groups -OCH3 is 1. The Kier molecular flexibility index (Phi) is 4.31. The molecular weight excluding hydrogens is 234 g/mol. The summed E-state index contributed by atoms with van der Waals surface area (Å²) < 4.78 is 5.20. The molecule has 5 nitrogen and oxygen atoms in total. The lowest BCUT2D eigenvalue weighted by Gasteiger charge is -2.19. The van der Waals surface area contributed by atoms with Crippen LogP contribution in [0.25, 0.3) is 0 Å². The van der Waals surface area contributed by atoms with Crippen molar-refractivity contribution in [2.45, 2.75) is 19.8 Å². The zero-order valence-electron chi connectivity index (χ0n) is 10.9. The highest BCUT2D eigenvalue weighted by Gasteiger charge is 2.21. The maximum absolute atomic E-state index is 11.4. The van der Waals surface area contributed by atoms with Gasteiger partial charge in [0.15, 0.2) is 0 Å². The average Bonchev–Trinajstić information content (AvgIpc) is 2.35. The lowest BCUT2D eigenvalue weighted by molar-refractivity contribution is -0.148. The molecule has 1 N–H and O–H groups in total. The number of likely N-dealkylation sites (N-methyl/N-ethyl adjacent to an activating group) is 1. The molecule has 0 unspecified atom stereocenters. The summed E-state index contributed by atoms with van der Waals surface area (Å²) in [4.78, 5) is 23.1. The molecule has 0 aliphatic heterocycles. The highest BCUT2D eigenvalue weighted by molar-refractivity contribution is 6.37. The number of rotatable bonds is 3. The van der Waals surface area contributed by atoms with Gasteiger partial charge in [0.2, 0.25) is 0 Å². The molecule has 0 bridgehead atoms. The zero-order chi connectivity index (χ0) is 13.9. The van der Waals surface area contributed by atoms with Gasteiger partial charge in [-0.1, -0.05) is 19.9 Å². The number of carbonyl (C=O) groups is 2. The van der Waals surface area contributed by atoms with Crippen molar-refractivity contribution in [3.8, 4) is 5.75 Å². The summed E-state index contributed by atoms with van der Waals surface area (Å²) in [6, 6.07) is 5.36. The van der Waals surface area contributed by atoms with Crippen LogP contribution in [-0.4, -0.2) is 31.1 Å². The third-order valence-electron chi connectivity index (χ3n) is 2.72. The van der Waals surface area contributed by atoms with Gasteiger partial charge in [0, 0.05) is 7.05 Å². The number of anilines is 1.